The van der Waals surface area contributed by atoms with Gasteiger partial charge in [-0.3, -0.25) is 14.5 Å². The van der Waals surface area contributed by atoms with E-state index in [0.29, 0.717) is 10.5 Å². The number of hydrogen-bond donors (Lipinski definition) is 1. The van der Waals surface area contributed by atoms with Gasteiger partial charge in [0.25, 0.3) is 5.91 Å². The number of carboxylic acid groups (broad SMARTS) is 1. The maximum Gasteiger partial charge on any atom is 0.323 e. The van der Waals surface area contributed by atoms with Crippen molar-refractivity contribution in [3.8, 4) is 0 Å². The van der Waals surface area contributed by atoms with Gasteiger partial charge in [0.15, 0.2) is 0 Å². The summed E-state index contributed by atoms with van der Waals surface area (Å²) in [6, 6.07) is 4.32. The van der Waals surface area contributed by atoms with Crippen LogP contribution in [-0.4, -0.2) is 32.7 Å². The largest absolute Gasteiger partial charge is 0.480 e. The van der Waals surface area contributed by atoms with Crippen LogP contribution in [0.25, 0.3) is 6.08 Å². The number of aliphatic carboxylic acids is 1. The van der Waals surface area contributed by atoms with E-state index in [-0.39, 0.29) is 8.79 Å². The predicted molar refractivity (Wildman–Crippen MR) is 81.6 cm³/mol. The summed E-state index contributed by atoms with van der Waals surface area (Å²) in [5.41, 5.74) is 0.620. The van der Waals surface area contributed by atoms with Crippen molar-refractivity contribution < 1.29 is 19.1 Å². The summed E-state index contributed by atoms with van der Waals surface area (Å²) in [6.45, 7) is -0.463. The fraction of sp³-hybridized carbons (Fsp3) is 0.0833. The summed E-state index contributed by atoms with van der Waals surface area (Å²) >= 11 is 9.05. The van der Waals surface area contributed by atoms with Gasteiger partial charge in [0.2, 0.25) is 0 Å². The van der Waals surface area contributed by atoms with E-state index in [0.717, 1.165) is 16.7 Å². The predicted octanol–water partition coefficient (Wildman–Crippen LogP) is 2.87. The number of thiocarbonyl (C=S) groups is 1. The average molecular weight is 376 g/mol. The Morgan fingerprint density at radius 2 is 2.25 bits per heavy atom. The van der Waals surface area contributed by atoms with Crippen LogP contribution >= 0.6 is 39.9 Å². The van der Waals surface area contributed by atoms with Gasteiger partial charge < -0.3 is 5.11 Å². The van der Waals surface area contributed by atoms with Crippen molar-refractivity contribution in [1.29, 1.82) is 0 Å². The first-order chi connectivity index (χ1) is 9.38. The highest BCUT2D eigenvalue weighted by Crippen LogP contribution is 2.32. The maximum absolute atomic E-state index is 13.1. The molecule has 2 rings (SSSR count). The molecule has 20 heavy (non-hydrogen) atoms. The molecule has 1 aromatic rings. The Kier molecular flexibility index (Phi) is 4.56. The monoisotopic (exact) mass is 375 g/mol. The fourth-order valence-electron chi connectivity index (χ4n) is 1.53. The first kappa shape index (κ1) is 15.1. The van der Waals surface area contributed by atoms with Gasteiger partial charge in [0.05, 0.1) is 9.38 Å². The number of rotatable bonds is 3. The molecular weight excluding hydrogens is 369 g/mol. The van der Waals surface area contributed by atoms with Crippen LogP contribution in [0.5, 0.6) is 0 Å². The highest BCUT2D eigenvalue weighted by molar-refractivity contribution is 9.10. The van der Waals surface area contributed by atoms with Gasteiger partial charge in [-0.2, -0.15) is 0 Å². The highest BCUT2D eigenvalue weighted by Gasteiger charge is 2.33. The molecule has 1 aliphatic rings. The second-order valence-electron chi connectivity index (χ2n) is 3.84. The number of hydrogen-bond acceptors (Lipinski definition) is 4. The molecule has 1 amide bonds. The lowest BCUT2D eigenvalue weighted by atomic mass is 10.2. The van der Waals surface area contributed by atoms with E-state index in [1.807, 2.05) is 0 Å². The van der Waals surface area contributed by atoms with E-state index >= 15 is 0 Å². The van der Waals surface area contributed by atoms with Crippen molar-refractivity contribution in [2.75, 3.05) is 6.54 Å². The Morgan fingerprint density at radius 1 is 1.55 bits per heavy atom. The van der Waals surface area contributed by atoms with Crippen molar-refractivity contribution in [3.63, 3.8) is 0 Å². The summed E-state index contributed by atoms with van der Waals surface area (Å²) in [5, 5.41) is 8.72. The van der Waals surface area contributed by atoms with E-state index in [1.54, 1.807) is 6.08 Å². The summed E-state index contributed by atoms with van der Waals surface area (Å²) < 4.78 is 13.6. The molecule has 1 aliphatic heterocycles. The quantitative estimate of drug-likeness (QED) is 0.650. The first-order valence-corrected chi connectivity index (χ1v) is 7.32. The normalized spacial score (nSPS) is 17.1. The molecule has 0 spiro atoms. The summed E-state index contributed by atoms with van der Waals surface area (Å²) in [6.07, 6.45) is 1.55. The Morgan fingerprint density at radius 3 is 2.85 bits per heavy atom. The Labute approximate surface area is 131 Å². The highest BCUT2D eigenvalue weighted by atomic mass is 79.9. The zero-order valence-electron chi connectivity index (χ0n) is 9.80. The summed E-state index contributed by atoms with van der Waals surface area (Å²) in [4.78, 5) is 24.0. The number of carbonyl (C=O) groups is 2. The molecule has 1 N–H and O–H groups in total. The van der Waals surface area contributed by atoms with Crippen LogP contribution in [0.1, 0.15) is 5.56 Å². The first-order valence-electron chi connectivity index (χ1n) is 5.30. The molecule has 104 valence electrons. The van der Waals surface area contributed by atoms with Crippen LogP contribution in [0, 0.1) is 5.82 Å². The van der Waals surface area contributed by atoms with Crippen LogP contribution in [0.3, 0.4) is 0 Å². The van der Waals surface area contributed by atoms with Crippen LogP contribution in [0.2, 0.25) is 0 Å². The van der Waals surface area contributed by atoms with E-state index < -0.39 is 24.2 Å². The zero-order chi connectivity index (χ0) is 14.9. The maximum atomic E-state index is 13.1. The Hall–Kier alpha value is -1.25. The minimum Gasteiger partial charge on any atom is -0.480 e. The summed E-state index contributed by atoms with van der Waals surface area (Å²) in [5.74, 6) is -1.99. The standard InChI is InChI=1S/C12H7BrFNO3S2/c13-7-3-6(1-2-8(7)14)4-9-11(18)15(5-10(16)17)12(19)20-9/h1-4H,5H2,(H,16,17). The van der Waals surface area contributed by atoms with Crippen LogP contribution in [0.4, 0.5) is 4.39 Å². The molecular formula is C12H7BrFNO3S2. The van der Waals surface area contributed by atoms with Crippen molar-refractivity contribution in [3.05, 3.63) is 39.0 Å². The van der Waals surface area contributed by atoms with Crippen LogP contribution in [-0.2, 0) is 9.59 Å². The van der Waals surface area contributed by atoms with Crippen molar-refractivity contribution >= 4 is 62.2 Å². The van der Waals surface area contributed by atoms with Gasteiger partial charge >= 0.3 is 5.97 Å². The number of carbonyl (C=O) groups excluding carboxylic acids is 1. The van der Waals surface area contributed by atoms with Gasteiger partial charge in [-0.05, 0) is 39.7 Å². The molecule has 0 aromatic heterocycles. The van der Waals surface area contributed by atoms with Gasteiger partial charge in [-0.25, -0.2) is 4.39 Å². The number of thioether (sulfide) groups is 1. The second kappa shape index (κ2) is 6.02. The Bertz CT molecular complexity index is 648. The summed E-state index contributed by atoms with van der Waals surface area (Å²) in [7, 11) is 0. The lowest BCUT2D eigenvalue weighted by Crippen LogP contribution is -2.33. The third-order valence-electron chi connectivity index (χ3n) is 2.41. The average Bonchev–Trinajstić information content (AvgIpc) is 2.61. The lowest BCUT2D eigenvalue weighted by molar-refractivity contribution is -0.140. The lowest BCUT2D eigenvalue weighted by Gasteiger charge is -2.10. The number of halogens is 2. The second-order valence-corrected chi connectivity index (χ2v) is 6.37. The number of benzene rings is 1. The minimum atomic E-state index is -1.13. The number of carboxylic acids is 1. The fourth-order valence-corrected chi connectivity index (χ4v) is 3.18. The molecule has 0 bridgehead atoms. The molecule has 0 aliphatic carbocycles. The molecule has 8 heteroatoms. The number of nitrogens with zero attached hydrogens (tertiary/aromatic N) is 1. The number of amides is 1. The van der Waals surface area contributed by atoms with Crippen LogP contribution in [0.15, 0.2) is 27.6 Å². The van der Waals surface area contributed by atoms with Gasteiger partial charge in [0.1, 0.15) is 16.7 Å². The Balaban J connectivity index is 2.27. The van der Waals surface area contributed by atoms with Gasteiger partial charge in [0, 0.05) is 0 Å². The van der Waals surface area contributed by atoms with Crippen molar-refractivity contribution in [2.24, 2.45) is 0 Å². The molecule has 1 fully saturated rings. The van der Waals surface area contributed by atoms with Crippen molar-refractivity contribution in [2.45, 2.75) is 0 Å². The van der Waals surface area contributed by atoms with Gasteiger partial charge in [-0.15, -0.1) is 0 Å². The molecule has 1 aromatic carbocycles. The zero-order valence-corrected chi connectivity index (χ0v) is 13.0. The molecule has 0 atom stereocenters. The molecule has 1 heterocycles. The minimum absolute atomic E-state index is 0.199. The molecule has 0 saturated carbocycles. The topological polar surface area (TPSA) is 57.6 Å². The molecule has 0 unspecified atom stereocenters. The van der Waals surface area contributed by atoms with Gasteiger partial charge in [-0.1, -0.05) is 30.0 Å². The van der Waals surface area contributed by atoms with E-state index in [4.69, 9.17) is 17.3 Å². The third-order valence-corrected chi connectivity index (χ3v) is 4.39. The van der Waals surface area contributed by atoms with Crippen LogP contribution < -0.4 is 0 Å². The molecule has 1 saturated heterocycles. The van der Waals surface area contributed by atoms with E-state index in [1.165, 1.54) is 18.2 Å². The van der Waals surface area contributed by atoms with E-state index in [9.17, 15) is 14.0 Å². The van der Waals surface area contributed by atoms with E-state index in [2.05, 4.69) is 15.9 Å². The molecule has 4 nitrogen and oxygen atoms in total. The smallest absolute Gasteiger partial charge is 0.323 e. The van der Waals surface area contributed by atoms with Crippen molar-refractivity contribution in [1.82, 2.24) is 4.90 Å². The SMILES string of the molecule is O=C(O)CN1C(=O)C(=Cc2ccc(F)c(Br)c2)SC1=S. The third kappa shape index (κ3) is 3.25. The molecule has 0 radical (unpaired) electrons.